The average molecular weight is 351 g/mol. The molecule has 8 nitrogen and oxygen atoms in total. The third kappa shape index (κ3) is 2.87. The van der Waals surface area contributed by atoms with Crippen molar-refractivity contribution in [3.8, 4) is 0 Å². The lowest BCUT2D eigenvalue weighted by Crippen LogP contribution is -2.54. The van der Waals surface area contributed by atoms with E-state index in [2.05, 4.69) is 10.6 Å². The molecule has 0 aromatic rings. The number of hydrogen-bond donors (Lipinski definition) is 2. The highest BCUT2D eigenvalue weighted by atomic mass is 16.5. The van der Waals surface area contributed by atoms with Crippen LogP contribution in [0.25, 0.3) is 0 Å². The van der Waals surface area contributed by atoms with Crippen molar-refractivity contribution in [2.75, 3.05) is 13.2 Å². The number of nitrogens with one attached hydrogen (secondary N) is 2. The van der Waals surface area contributed by atoms with Crippen LogP contribution >= 0.6 is 0 Å². The smallest absolute Gasteiger partial charge is 0.329 e. The number of hydrogen-bond acceptors (Lipinski definition) is 5. The topological polar surface area (TPSA) is 105 Å². The van der Waals surface area contributed by atoms with E-state index in [1.807, 2.05) is 20.8 Å². The zero-order valence-corrected chi connectivity index (χ0v) is 14.9. The van der Waals surface area contributed by atoms with Gasteiger partial charge in [-0.25, -0.2) is 9.59 Å². The van der Waals surface area contributed by atoms with E-state index in [-0.39, 0.29) is 25.0 Å². The van der Waals surface area contributed by atoms with Gasteiger partial charge in [-0.3, -0.25) is 14.5 Å². The highest BCUT2D eigenvalue weighted by molar-refractivity contribution is 6.09. The first-order valence-corrected chi connectivity index (χ1v) is 8.77. The summed E-state index contributed by atoms with van der Waals surface area (Å²) in [5, 5.41) is 5.41. The van der Waals surface area contributed by atoms with Crippen molar-refractivity contribution in [2.45, 2.75) is 58.0 Å². The molecule has 1 aliphatic carbocycles. The molecule has 1 saturated carbocycles. The predicted molar refractivity (Wildman–Crippen MR) is 87.3 cm³/mol. The number of rotatable bonds is 3. The second-order valence-corrected chi connectivity index (χ2v) is 8.04. The fraction of sp³-hybridized carbons (Fsp3) is 0.765. The summed E-state index contributed by atoms with van der Waals surface area (Å²) in [6.45, 7) is 5.42. The van der Waals surface area contributed by atoms with Crippen molar-refractivity contribution in [3.05, 3.63) is 0 Å². The summed E-state index contributed by atoms with van der Waals surface area (Å²) in [5.74, 6) is -1.34. The second-order valence-electron chi connectivity index (χ2n) is 8.04. The van der Waals surface area contributed by atoms with E-state index in [0.29, 0.717) is 6.42 Å². The molecule has 2 saturated heterocycles. The Morgan fingerprint density at radius 3 is 2.64 bits per heavy atom. The van der Waals surface area contributed by atoms with Gasteiger partial charge >= 0.3 is 12.0 Å². The zero-order valence-electron chi connectivity index (χ0n) is 14.9. The Morgan fingerprint density at radius 1 is 1.32 bits per heavy atom. The van der Waals surface area contributed by atoms with Gasteiger partial charge in [0.2, 0.25) is 5.91 Å². The van der Waals surface area contributed by atoms with E-state index in [9.17, 15) is 19.2 Å². The van der Waals surface area contributed by atoms with Gasteiger partial charge in [0.25, 0.3) is 5.91 Å². The molecule has 0 radical (unpaired) electrons. The molecule has 3 atom stereocenters. The Bertz CT molecular complexity index is 632. The minimum absolute atomic E-state index is 0.0366. The van der Waals surface area contributed by atoms with Gasteiger partial charge < -0.3 is 15.4 Å². The number of carbonyl (C=O) groups excluding carboxylic acids is 4. The molecule has 3 fully saturated rings. The highest BCUT2D eigenvalue weighted by Gasteiger charge is 2.55. The number of amides is 4. The maximum Gasteiger partial charge on any atom is 0.329 e. The minimum Gasteiger partial charge on any atom is -0.463 e. The summed E-state index contributed by atoms with van der Waals surface area (Å²) >= 11 is 0. The molecule has 0 aromatic heterocycles. The van der Waals surface area contributed by atoms with Crippen LogP contribution in [0.1, 0.15) is 46.5 Å². The number of ether oxygens (including phenoxy) is 1. The van der Waals surface area contributed by atoms with Gasteiger partial charge in [-0.2, -0.15) is 0 Å². The largest absolute Gasteiger partial charge is 0.463 e. The summed E-state index contributed by atoms with van der Waals surface area (Å²) in [6.07, 6.45) is 3.37. The summed E-state index contributed by atoms with van der Waals surface area (Å²) in [4.78, 5) is 50.2. The fourth-order valence-corrected chi connectivity index (χ4v) is 3.99. The van der Waals surface area contributed by atoms with Gasteiger partial charge in [-0.05, 0) is 18.8 Å². The molecule has 2 aliphatic heterocycles. The Morgan fingerprint density at radius 2 is 2.04 bits per heavy atom. The molecular formula is C17H25N3O5. The van der Waals surface area contributed by atoms with Gasteiger partial charge in [-0.15, -0.1) is 0 Å². The molecule has 1 spiro atoms. The lowest BCUT2D eigenvalue weighted by molar-refractivity contribution is -0.142. The van der Waals surface area contributed by atoms with Crippen LogP contribution in [-0.2, 0) is 19.1 Å². The molecule has 0 unspecified atom stereocenters. The van der Waals surface area contributed by atoms with Crippen molar-refractivity contribution in [2.24, 2.45) is 11.3 Å². The summed E-state index contributed by atoms with van der Waals surface area (Å²) < 4.78 is 4.98. The van der Waals surface area contributed by atoms with Crippen molar-refractivity contribution in [3.63, 3.8) is 0 Å². The first-order valence-electron chi connectivity index (χ1n) is 8.77. The predicted octanol–water partition coefficient (Wildman–Crippen LogP) is 0.555. The van der Waals surface area contributed by atoms with Crippen LogP contribution < -0.4 is 10.6 Å². The van der Waals surface area contributed by atoms with Gasteiger partial charge in [-0.1, -0.05) is 33.6 Å². The molecule has 2 N–H and O–H groups in total. The fourth-order valence-electron chi connectivity index (χ4n) is 3.99. The number of imide groups is 1. The normalized spacial score (nSPS) is 34.2. The standard InChI is InChI=1S/C17H25N3O5/c1-10-6-4-5-7-17(10)14(23)20(15(24)19-17)8-11(21)18-12-13(22)25-9-16(12,2)3/h10,12H,4-9H2,1-3H3,(H,18,21)(H,19,24)/t10-,12-,17-/m1/s1. The van der Waals surface area contributed by atoms with E-state index in [1.165, 1.54) is 0 Å². The molecule has 25 heavy (non-hydrogen) atoms. The quantitative estimate of drug-likeness (QED) is 0.571. The molecule has 0 aromatic carbocycles. The summed E-state index contributed by atoms with van der Waals surface area (Å²) in [6, 6.07) is -1.31. The second kappa shape index (κ2) is 6.00. The van der Waals surface area contributed by atoms with Crippen LogP contribution in [0.3, 0.4) is 0 Å². The molecule has 138 valence electrons. The number of carbonyl (C=O) groups is 4. The average Bonchev–Trinajstić information content (AvgIpc) is 2.93. The number of cyclic esters (lactones) is 1. The van der Waals surface area contributed by atoms with Crippen LogP contribution in [0.15, 0.2) is 0 Å². The number of urea groups is 1. The lowest BCUT2D eigenvalue weighted by atomic mass is 9.73. The van der Waals surface area contributed by atoms with Crippen molar-refractivity contribution in [1.82, 2.24) is 15.5 Å². The van der Waals surface area contributed by atoms with Crippen molar-refractivity contribution >= 4 is 23.8 Å². The lowest BCUT2D eigenvalue weighted by Gasteiger charge is -2.36. The minimum atomic E-state index is -0.888. The Balaban J connectivity index is 1.68. The molecule has 4 amide bonds. The molecule has 3 rings (SSSR count). The molecule has 0 bridgehead atoms. The monoisotopic (exact) mass is 351 g/mol. The third-order valence-corrected chi connectivity index (χ3v) is 5.71. The molecule has 2 heterocycles. The van der Waals surface area contributed by atoms with Crippen molar-refractivity contribution in [1.29, 1.82) is 0 Å². The number of nitrogens with zero attached hydrogens (tertiary/aromatic N) is 1. The van der Waals surface area contributed by atoms with Crippen LogP contribution in [-0.4, -0.2) is 53.4 Å². The Hall–Kier alpha value is -2.12. The van der Waals surface area contributed by atoms with E-state index in [1.54, 1.807) is 0 Å². The molecule has 8 heteroatoms. The summed E-state index contributed by atoms with van der Waals surface area (Å²) in [5.41, 5.74) is -1.41. The van der Waals surface area contributed by atoms with Crippen LogP contribution in [0.5, 0.6) is 0 Å². The first kappa shape index (κ1) is 17.7. The summed E-state index contributed by atoms with van der Waals surface area (Å²) in [7, 11) is 0. The third-order valence-electron chi connectivity index (χ3n) is 5.71. The van der Waals surface area contributed by atoms with Gasteiger partial charge in [0.05, 0.1) is 6.61 Å². The Kier molecular flexibility index (Phi) is 4.25. The maximum absolute atomic E-state index is 12.8. The van der Waals surface area contributed by atoms with Crippen LogP contribution in [0, 0.1) is 11.3 Å². The van der Waals surface area contributed by atoms with Crippen LogP contribution in [0.2, 0.25) is 0 Å². The van der Waals surface area contributed by atoms with Crippen LogP contribution in [0.4, 0.5) is 4.79 Å². The van der Waals surface area contributed by atoms with Gasteiger partial charge in [0, 0.05) is 5.41 Å². The molecular weight excluding hydrogens is 326 g/mol. The molecule has 3 aliphatic rings. The van der Waals surface area contributed by atoms with Gasteiger partial charge in [0.1, 0.15) is 18.1 Å². The Labute approximate surface area is 146 Å². The van der Waals surface area contributed by atoms with E-state index >= 15 is 0 Å². The maximum atomic E-state index is 12.8. The zero-order chi connectivity index (χ0) is 18.4. The number of esters is 1. The van der Waals surface area contributed by atoms with E-state index < -0.39 is 34.9 Å². The first-order chi connectivity index (χ1) is 11.7. The van der Waals surface area contributed by atoms with E-state index in [0.717, 1.165) is 24.2 Å². The van der Waals surface area contributed by atoms with E-state index in [4.69, 9.17) is 4.74 Å². The SMILES string of the molecule is C[C@@H]1CCCC[C@@]12NC(=O)N(CC(=O)N[C@@H]1C(=O)OCC1(C)C)C2=O. The van der Waals surface area contributed by atoms with Crippen molar-refractivity contribution < 1.29 is 23.9 Å². The highest BCUT2D eigenvalue weighted by Crippen LogP contribution is 2.38. The van der Waals surface area contributed by atoms with Gasteiger partial charge in [0.15, 0.2) is 0 Å².